The molecule has 1 aromatic carbocycles. The van der Waals surface area contributed by atoms with E-state index in [1.807, 2.05) is 36.4 Å². The molecule has 35 heavy (non-hydrogen) atoms. The lowest BCUT2D eigenvalue weighted by Crippen LogP contribution is -2.44. The van der Waals surface area contributed by atoms with Crippen molar-refractivity contribution in [2.45, 2.75) is 38.0 Å². The number of aliphatic hydroxyl groups is 1. The lowest BCUT2D eigenvalue weighted by molar-refractivity contribution is -0.118. The number of amides is 1. The monoisotopic (exact) mass is 477 g/mol. The summed E-state index contributed by atoms with van der Waals surface area (Å²) in [6.07, 6.45) is 3.76. The SMILES string of the molecule is COc1cnc2cccc(C(O)CC(NCc3ccc4c(n3)NC(=O)CO4)C3CCCNC3)c2c1. The van der Waals surface area contributed by atoms with E-state index in [1.54, 1.807) is 13.3 Å². The van der Waals surface area contributed by atoms with E-state index in [2.05, 4.69) is 25.9 Å². The Balaban J connectivity index is 1.35. The van der Waals surface area contributed by atoms with Gasteiger partial charge in [-0.2, -0.15) is 0 Å². The molecule has 1 saturated heterocycles. The minimum absolute atomic E-state index is 0.0104. The molecule has 0 aliphatic carbocycles. The molecule has 2 aliphatic heterocycles. The maximum Gasteiger partial charge on any atom is 0.263 e. The molecule has 0 spiro atoms. The number of rotatable bonds is 8. The van der Waals surface area contributed by atoms with E-state index >= 15 is 0 Å². The van der Waals surface area contributed by atoms with E-state index in [0.29, 0.717) is 36.2 Å². The summed E-state index contributed by atoms with van der Waals surface area (Å²) < 4.78 is 10.8. The largest absolute Gasteiger partial charge is 0.495 e. The highest BCUT2D eigenvalue weighted by Gasteiger charge is 2.27. The van der Waals surface area contributed by atoms with Gasteiger partial charge in [-0.05, 0) is 68.1 Å². The highest BCUT2D eigenvalue weighted by molar-refractivity contribution is 5.94. The molecular formula is C26H31N5O4. The van der Waals surface area contributed by atoms with E-state index in [0.717, 1.165) is 48.1 Å². The first kappa shape index (κ1) is 23.5. The fourth-order valence-corrected chi connectivity index (χ4v) is 4.93. The maximum atomic E-state index is 11.7. The van der Waals surface area contributed by atoms with Crippen LogP contribution in [0.25, 0.3) is 10.9 Å². The zero-order valence-corrected chi connectivity index (χ0v) is 19.8. The molecule has 1 amide bonds. The normalized spacial score (nSPS) is 19.4. The standard InChI is InChI=1S/C26H31N5O4/c1-34-18-10-20-19(5-2-6-21(20)29-14-18)23(32)11-22(16-4-3-9-27-12-16)28-13-17-7-8-24-26(30-17)31-25(33)15-35-24/h2,5-8,10,14,16,22-23,27-28,32H,3-4,9,11-13,15H2,1H3,(H,30,31,33). The van der Waals surface area contributed by atoms with E-state index in [4.69, 9.17) is 9.47 Å². The predicted molar refractivity (Wildman–Crippen MR) is 132 cm³/mol. The molecule has 0 saturated carbocycles. The molecule has 9 nitrogen and oxygen atoms in total. The molecule has 3 aromatic rings. The zero-order chi connectivity index (χ0) is 24.2. The molecule has 184 valence electrons. The number of anilines is 1. The summed E-state index contributed by atoms with van der Waals surface area (Å²) in [6.45, 7) is 2.45. The van der Waals surface area contributed by atoms with Crippen molar-refractivity contribution in [3.8, 4) is 11.5 Å². The molecular weight excluding hydrogens is 446 g/mol. The highest BCUT2D eigenvalue weighted by Crippen LogP contribution is 2.31. The highest BCUT2D eigenvalue weighted by atomic mass is 16.5. The van der Waals surface area contributed by atoms with Crippen molar-refractivity contribution in [1.29, 1.82) is 0 Å². The van der Waals surface area contributed by atoms with Crippen molar-refractivity contribution in [2.24, 2.45) is 5.92 Å². The van der Waals surface area contributed by atoms with Crippen LogP contribution in [-0.2, 0) is 11.3 Å². The van der Waals surface area contributed by atoms with Gasteiger partial charge in [0.2, 0.25) is 0 Å². The molecule has 3 unspecified atom stereocenters. The van der Waals surface area contributed by atoms with Gasteiger partial charge in [-0.1, -0.05) is 12.1 Å². The quantitative estimate of drug-likeness (QED) is 0.391. The third-order valence-corrected chi connectivity index (χ3v) is 6.79. The Morgan fingerprint density at radius 1 is 1.31 bits per heavy atom. The van der Waals surface area contributed by atoms with Gasteiger partial charge in [-0.15, -0.1) is 0 Å². The van der Waals surface area contributed by atoms with E-state index < -0.39 is 6.10 Å². The fraction of sp³-hybridized carbons (Fsp3) is 0.423. The van der Waals surface area contributed by atoms with Gasteiger partial charge >= 0.3 is 0 Å². The number of carbonyl (C=O) groups is 1. The molecule has 4 N–H and O–H groups in total. The van der Waals surface area contributed by atoms with Crippen LogP contribution in [0.2, 0.25) is 0 Å². The second kappa shape index (κ2) is 10.6. The number of fused-ring (bicyclic) bond motifs is 2. The number of carbonyl (C=O) groups excluding carboxylic acids is 1. The van der Waals surface area contributed by atoms with Crippen LogP contribution >= 0.6 is 0 Å². The maximum absolute atomic E-state index is 11.7. The van der Waals surface area contributed by atoms with Crippen LogP contribution in [-0.4, -0.2) is 53.8 Å². The van der Waals surface area contributed by atoms with Crippen LogP contribution in [0.1, 0.15) is 36.6 Å². The van der Waals surface area contributed by atoms with Gasteiger partial charge in [-0.25, -0.2) is 4.98 Å². The van der Waals surface area contributed by atoms with Gasteiger partial charge in [0.15, 0.2) is 18.2 Å². The second-order valence-electron chi connectivity index (χ2n) is 9.12. The molecule has 9 heteroatoms. The van der Waals surface area contributed by atoms with Crippen LogP contribution < -0.4 is 25.4 Å². The van der Waals surface area contributed by atoms with Crippen LogP contribution in [0.4, 0.5) is 5.82 Å². The minimum Gasteiger partial charge on any atom is -0.495 e. The Morgan fingerprint density at radius 2 is 2.23 bits per heavy atom. The van der Waals surface area contributed by atoms with Crippen LogP contribution in [0.5, 0.6) is 11.5 Å². The number of benzene rings is 1. The average molecular weight is 478 g/mol. The number of aliphatic hydroxyl groups excluding tert-OH is 1. The number of ether oxygens (including phenoxy) is 2. The lowest BCUT2D eigenvalue weighted by Gasteiger charge is -2.33. The summed E-state index contributed by atoms with van der Waals surface area (Å²) in [6, 6.07) is 11.6. The summed E-state index contributed by atoms with van der Waals surface area (Å²) in [5, 5.41) is 22.1. The summed E-state index contributed by atoms with van der Waals surface area (Å²) in [5.74, 6) is 1.87. The predicted octanol–water partition coefficient (Wildman–Crippen LogP) is 2.55. The number of hydrogen-bond acceptors (Lipinski definition) is 8. The number of methoxy groups -OCH3 is 1. The Morgan fingerprint density at radius 3 is 3.06 bits per heavy atom. The van der Waals surface area contributed by atoms with Crippen molar-refractivity contribution in [3.63, 3.8) is 0 Å². The summed E-state index contributed by atoms with van der Waals surface area (Å²) >= 11 is 0. The Labute approximate surface area is 204 Å². The average Bonchev–Trinajstić information content (AvgIpc) is 2.90. The van der Waals surface area contributed by atoms with E-state index in [9.17, 15) is 9.90 Å². The van der Waals surface area contributed by atoms with Crippen molar-refractivity contribution in [1.82, 2.24) is 20.6 Å². The van der Waals surface area contributed by atoms with Crippen LogP contribution in [0.3, 0.4) is 0 Å². The number of pyridine rings is 2. The van der Waals surface area contributed by atoms with Gasteiger partial charge in [0.25, 0.3) is 5.91 Å². The number of hydrogen-bond donors (Lipinski definition) is 4. The molecule has 2 aliphatic rings. The van der Waals surface area contributed by atoms with Crippen LogP contribution in [0.15, 0.2) is 42.6 Å². The first-order valence-corrected chi connectivity index (χ1v) is 12.1. The molecule has 2 aromatic heterocycles. The lowest BCUT2D eigenvalue weighted by atomic mass is 9.86. The molecule has 0 bridgehead atoms. The van der Waals surface area contributed by atoms with Gasteiger partial charge in [0.05, 0.1) is 30.6 Å². The van der Waals surface area contributed by atoms with Gasteiger partial charge in [-0.3, -0.25) is 9.78 Å². The molecule has 1 fully saturated rings. The Kier molecular flexibility index (Phi) is 7.08. The Bertz CT molecular complexity index is 1200. The number of piperidine rings is 1. The summed E-state index contributed by atoms with van der Waals surface area (Å²) in [4.78, 5) is 20.7. The van der Waals surface area contributed by atoms with Gasteiger partial charge < -0.3 is 30.5 Å². The second-order valence-corrected chi connectivity index (χ2v) is 9.12. The number of aromatic nitrogens is 2. The third kappa shape index (κ3) is 5.37. The topological polar surface area (TPSA) is 118 Å². The molecule has 5 rings (SSSR count). The van der Waals surface area contributed by atoms with Gasteiger partial charge in [0.1, 0.15) is 5.75 Å². The number of nitrogens with one attached hydrogen (secondary N) is 3. The first-order valence-electron chi connectivity index (χ1n) is 12.1. The molecule has 4 heterocycles. The molecule has 0 radical (unpaired) electrons. The minimum atomic E-state index is -0.670. The van der Waals surface area contributed by atoms with Crippen molar-refractivity contribution in [2.75, 3.05) is 32.1 Å². The zero-order valence-electron chi connectivity index (χ0n) is 19.8. The van der Waals surface area contributed by atoms with E-state index in [-0.39, 0.29) is 18.6 Å². The van der Waals surface area contributed by atoms with Crippen molar-refractivity contribution < 1.29 is 19.4 Å². The van der Waals surface area contributed by atoms with E-state index in [1.165, 1.54) is 0 Å². The van der Waals surface area contributed by atoms with Gasteiger partial charge in [0, 0.05) is 18.0 Å². The van der Waals surface area contributed by atoms with Crippen LogP contribution in [0, 0.1) is 5.92 Å². The molecule has 3 atom stereocenters. The van der Waals surface area contributed by atoms with Crippen molar-refractivity contribution >= 4 is 22.6 Å². The first-order chi connectivity index (χ1) is 17.1. The number of nitrogens with zero attached hydrogens (tertiary/aromatic N) is 2. The summed E-state index contributed by atoms with van der Waals surface area (Å²) in [5.41, 5.74) is 2.47. The fourth-order valence-electron chi connectivity index (χ4n) is 4.93. The smallest absolute Gasteiger partial charge is 0.263 e. The third-order valence-electron chi connectivity index (χ3n) is 6.79. The Hall–Kier alpha value is -3.27. The van der Waals surface area contributed by atoms with Crippen molar-refractivity contribution in [3.05, 3.63) is 53.9 Å². The summed E-state index contributed by atoms with van der Waals surface area (Å²) in [7, 11) is 1.62.